The number of nitrogens with one attached hydrogen (secondary N) is 1. The Morgan fingerprint density at radius 3 is 2.50 bits per heavy atom. The number of benzene rings is 2. The average Bonchev–Trinajstić information content (AvgIpc) is 2.50. The third kappa shape index (κ3) is 3.29. The van der Waals surface area contributed by atoms with E-state index in [-0.39, 0.29) is 5.92 Å². The van der Waals surface area contributed by atoms with Crippen molar-refractivity contribution >= 4 is 17.3 Å². The largest absolute Gasteiger partial charge is 0.382 e. The van der Waals surface area contributed by atoms with E-state index in [1.54, 1.807) is 18.2 Å². The van der Waals surface area contributed by atoms with Crippen molar-refractivity contribution in [2.75, 3.05) is 11.9 Å². The normalized spacial score (nSPS) is 11.2. The molecule has 0 fully saturated rings. The standard InChI is InChI=1S/C16H12ClN3/c17-15-7-6-12(9-18)8-16(15)20-11-14(10-19)13-4-2-1-3-5-13/h1-8,14,20H,11H2. The lowest BCUT2D eigenvalue weighted by Crippen LogP contribution is -2.11. The van der Waals surface area contributed by atoms with Crippen molar-refractivity contribution in [2.45, 2.75) is 5.92 Å². The Hall–Kier alpha value is -2.49. The Morgan fingerprint density at radius 1 is 1.10 bits per heavy atom. The Balaban J connectivity index is 2.12. The van der Waals surface area contributed by atoms with Gasteiger partial charge in [0.25, 0.3) is 0 Å². The van der Waals surface area contributed by atoms with Crippen LogP contribution in [0, 0.1) is 22.7 Å². The van der Waals surface area contributed by atoms with Gasteiger partial charge in [0.2, 0.25) is 0 Å². The van der Waals surface area contributed by atoms with Gasteiger partial charge in [0, 0.05) is 6.54 Å². The second-order valence-corrected chi connectivity index (χ2v) is 4.69. The van der Waals surface area contributed by atoms with Gasteiger partial charge in [0.15, 0.2) is 0 Å². The third-order valence-corrected chi connectivity index (χ3v) is 3.28. The van der Waals surface area contributed by atoms with Gasteiger partial charge in [-0.05, 0) is 23.8 Å². The molecule has 0 bridgehead atoms. The predicted octanol–water partition coefficient (Wildman–Crippen LogP) is 3.93. The van der Waals surface area contributed by atoms with Crippen LogP contribution in [-0.4, -0.2) is 6.54 Å². The average molecular weight is 282 g/mol. The number of rotatable bonds is 4. The van der Waals surface area contributed by atoms with Crippen LogP contribution in [-0.2, 0) is 0 Å². The lowest BCUT2D eigenvalue weighted by Gasteiger charge is -2.13. The summed E-state index contributed by atoms with van der Waals surface area (Å²) >= 11 is 6.07. The summed E-state index contributed by atoms with van der Waals surface area (Å²) in [6.07, 6.45) is 0. The van der Waals surface area contributed by atoms with E-state index in [0.29, 0.717) is 22.8 Å². The number of anilines is 1. The number of hydrogen-bond acceptors (Lipinski definition) is 3. The number of nitriles is 2. The molecule has 0 spiro atoms. The zero-order valence-electron chi connectivity index (χ0n) is 10.7. The molecule has 98 valence electrons. The van der Waals surface area contributed by atoms with Crippen molar-refractivity contribution in [1.82, 2.24) is 0 Å². The number of nitrogens with zero attached hydrogens (tertiary/aromatic N) is 2. The molecule has 0 saturated heterocycles. The van der Waals surface area contributed by atoms with E-state index in [1.165, 1.54) is 0 Å². The van der Waals surface area contributed by atoms with Crippen molar-refractivity contribution < 1.29 is 0 Å². The smallest absolute Gasteiger partial charge is 0.0992 e. The Morgan fingerprint density at radius 2 is 1.85 bits per heavy atom. The molecule has 20 heavy (non-hydrogen) atoms. The first-order valence-corrected chi connectivity index (χ1v) is 6.50. The monoisotopic (exact) mass is 281 g/mol. The molecule has 0 aliphatic heterocycles. The van der Waals surface area contributed by atoms with Crippen LogP contribution in [0.15, 0.2) is 48.5 Å². The van der Waals surface area contributed by atoms with Gasteiger partial charge in [-0.25, -0.2) is 0 Å². The molecule has 2 rings (SSSR count). The lowest BCUT2D eigenvalue weighted by molar-refractivity contribution is 0.901. The van der Waals surface area contributed by atoms with Gasteiger partial charge >= 0.3 is 0 Å². The van der Waals surface area contributed by atoms with Crippen LogP contribution in [0.4, 0.5) is 5.69 Å². The minimum atomic E-state index is -0.266. The van der Waals surface area contributed by atoms with E-state index in [2.05, 4.69) is 17.5 Å². The fourth-order valence-corrected chi connectivity index (χ4v) is 2.05. The van der Waals surface area contributed by atoms with Crippen LogP contribution >= 0.6 is 11.6 Å². The van der Waals surface area contributed by atoms with E-state index in [4.69, 9.17) is 16.9 Å². The third-order valence-electron chi connectivity index (χ3n) is 2.95. The van der Waals surface area contributed by atoms with Crippen molar-refractivity contribution in [3.8, 4) is 12.1 Å². The molecule has 1 unspecified atom stereocenters. The summed E-state index contributed by atoms with van der Waals surface area (Å²) in [6, 6.07) is 18.9. The van der Waals surface area contributed by atoms with Gasteiger partial charge in [-0.3, -0.25) is 0 Å². The van der Waals surface area contributed by atoms with Gasteiger partial charge in [0.05, 0.1) is 34.3 Å². The molecule has 0 aliphatic rings. The van der Waals surface area contributed by atoms with E-state index in [1.807, 2.05) is 30.3 Å². The minimum Gasteiger partial charge on any atom is -0.382 e. The van der Waals surface area contributed by atoms with Crippen molar-refractivity contribution in [2.24, 2.45) is 0 Å². The molecule has 1 N–H and O–H groups in total. The first-order chi connectivity index (χ1) is 9.74. The first-order valence-electron chi connectivity index (χ1n) is 6.12. The van der Waals surface area contributed by atoms with Crippen LogP contribution in [0.1, 0.15) is 17.0 Å². The van der Waals surface area contributed by atoms with E-state index in [9.17, 15) is 5.26 Å². The van der Waals surface area contributed by atoms with E-state index >= 15 is 0 Å². The Bertz CT molecular complexity index is 668. The molecule has 2 aromatic carbocycles. The SMILES string of the molecule is N#Cc1ccc(Cl)c(NCC(C#N)c2ccccc2)c1. The Kier molecular flexibility index (Phi) is 4.60. The summed E-state index contributed by atoms with van der Waals surface area (Å²) < 4.78 is 0. The summed E-state index contributed by atoms with van der Waals surface area (Å²) in [5.41, 5.74) is 2.15. The zero-order chi connectivity index (χ0) is 14.4. The van der Waals surface area contributed by atoms with Gasteiger partial charge < -0.3 is 5.32 Å². The first kappa shape index (κ1) is 13.9. The number of hydrogen-bond donors (Lipinski definition) is 1. The lowest BCUT2D eigenvalue weighted by atomic mass is 10.0. The van der Waals surface area contributed by atoms with E-state index in [0.717, 1.165) is 5.56 Å². The quantitative estimate of drug-likeness (QED) is 0.923. The van der Waals surface area contributed by atoms with Crippen molar-refractivity contribution in [3.05, 3.63) is 64.7 Å². The second-order valence-electron chi connectivity index (χ2n) is 4.28. The van der Waals surface area contributed by atoms with Gasteiger partial charge in [-0.15, -0.1) is 0 Å². The molecule has 0 heterocycles. The van der Waals surface area contributed by atoms with Crippen LogP contribution in [0.3, 0.4) is 0 Å². The summed E-state index contributed by atoms with van der Waals surface area (Å²) in [5.74, 6) is -0.266. The summed E-state index contributed by atoms with van der Waals surface area (Å²) in [7, 11) is 0. The maximum atomic E-state index is 9.25. The molecule has 0 radical (unpaired) electrons. The molecule has 0 aliphatic carbocycles. The highest BCUT2D eigenvalue weighted by molar-refractivity contribution is 6.33. The van der Waals surface area contributed by atoms with Crippen LogP contribution in [0.25, 0.3) is 0 Å². The van der Waals surface area contributed by atoms with E-state index < -0.39 is 0 Å². The Labute approximate surface area is 123 Å². The summed E-state index contributed by atoms with van der Waals surface area (Å²) in [5, 5.41) is 21.8. The fourth-order valence-electron chi connectivity index (χ4n) is 1.87. The van der Waals surface area contributed by atoms with Gasteiger partial charge in [-0.2, -0.15) is 10.5 Å². The minimum absolute atomic E-state index is 0.266. The highest BCUT2D eigenvalue weighted by Crippen LogP contribution is 2.24. The number of halogens is 1. The highest BCUT2D eigenvalue weighted by Gasteiger charge is 2.11. The zero-order valence-corrected chi connectivity index (χ0v) is 11.4. The van der Waals surface area contributed by atoms with Gasteiger partial charge in [-0.1, -0.05) is 41.9 Å². The topological polar surface area (TPSA) is 59.6 Å². The van der Waals surface area contributed by atoms with Crippen LogP contribution < -0.4 is 5.32 Å². The highest BCUT2D eigenvalue weighted by atomic mass is 35.5. The molecule has 3 nitrogen and oxygen atoms in total. The van der Waals surface area contributed by atoms with Gasteiger partial charge in [0.1, 0.15) is 0 Å². The molecule has 0 saturated carbocycles. The molecular formula is C16H12ClN3. The molecule has 4 heteroatoms. The summed E-state index contributed by atoms with van der Waals surface area (Å²) in [4.78, 5) is 0. The fraction of sp³-hybridized carbons (Fsp3) is 0.125. The maximum Gasteiger partial charge on any atom is 0.0992 e. The molecular weight excluding hydrogens is 270 g/mol. The predicted molar refractivity (Wildman–Crippen MR) is 79.5 cm³/mol. The van der Waals surface area contributed by atoms with Crippen molar-refractivity contribution in [3.63, 3.8) is 0 Å². The van der Waals surface area contributed by atoms with Crippen molar-refractivity contribution in [1.29, 1.82) is 10.5 Å². The second kappa shape index (κ2) is 6.61. The maximum absolute atomic E-state index is 9.25. The molecule has 1 atom stereocenters. The van der Waals surface area contributed by atoms with Crippen LogP contribution in [0.5, 0.6) is 0 Å². The molecule has 0 amide bonds. The van der Waals surface area contributed by atoms with Crippen LogP contribution in [0.2, 0.25) is 5.02 Å². The molecule has 2 aromatic rings. The molecule has 0 aromatic heterocycles. The summed E-state index contributed by atoms with van der Waals surface area (Å²) in [6.45, 7) is 0.440.